The molecule has 1 saturated heterocycles. The van der Waals surface area contributed by atoms with E-state index in [0.717, 1.165) is 5.69 Å². The predicted molar refractivity (Wildman–Crippen MR) is 87.5 cm³/mol. The summed E-state index contributed by atoms with van der Waals surface area (Å²) < 4.78 is 24.5. The summed E-state index contributed by atoms with van der Waals surface area (Å²) in [6.07, 6.45) is 2.02. The summed E-state index contributed by atoms with van der Waals surface area (Å²) in [5, 5.41) is 5.12. The molecule has 0 aliphatic carbocycles. The van der Waals surface area contributed by atoms with Crippen molar-refractivity contribution >= 4 is 27.3 Å². The van der Waals surface area contributed by atoms with Gasteiger partial charge in [0.1, 0.15) is 11.3 Å². The Balaban J connectivity index is 1.56. The molecule has 0 spiro atoms. The molecule has 2 aromatic rings. The van der Waals surface area contributed by atoms with Crippen LogP contribution in [0.3, 0.4) is 0 Å². The molecule has 0 radical (unpaired) electrons. The van der Waals surface area contributed by atoms with Gasteiger partial charge in [-0.1, -0.05) is 6.07 Å². The second-order valence-electron chi connectivity index (χ2n) is 5.87. The van der Waals surface area contributed by atoms with Gasteiger partial charge in [-0.25, -0.2) is 13.4 Å². The van der Waals surface area contributed by atoms with E-state index in [1.165, 1.54) is 0 Å². The number of carbonyl (C=O) groups is 2. The number of rotatable bonds is 4. The molecule has 1 aliphatic heterocycles. The number of aryl methyl sites for hydroxylation is 1. The molecule has 8 nitrogen and oxygen atoms in total. The van der Waals surface area contributed by atoms with Crippen LogP contribution in [0.2, 0.25) is 0 Å². The van der Waals surface area contributed by atoms with E-state index < -0.39 is 21.7 Å². The summed E-state index contributed by atoms with van der Waals surface area (Å²) in [6.45, 7) is 1.68. The van der Waals surface area contributed by atoms with Crippen LogP contribution in [-0.4, -0.2) is 53.7 Å². The minimum absolute atomic E-state index is 0.0433. The highest BCUT2D eigenvalue weighted by Gasteiger charge is 2.28. The number of hydrogen-bond donors (Lipinski definition) is 2. The van der Waals surface area contributed by atoms with Gasteiger partial charge in [0, 0.05) is 17.9 Å². The van der Waals surface area contributed by atoms with E-state index in [1.54, 1.807) is 16.7 Å². The van der Waals surface area contributed by atoms with Crippen LogP contribution in [0.25, 0.3) is 5.65 Å². The van der Waals surface area contributed by atoms with Crippen LogP contribution in [-0.2, 0) is 14.6 Å². The number of fused-ring (bicyclic) bond motifs is 1. The standard InChI is InChI=1S/C15H18N4O4S/c1-10-3-2-4-13-18-12(8-19(10)13)15(21)16-7-14(20)17-11-5-6-24(22,23)9-11/h2-4,8,11H,5-7,9H2,1H3,(H,16,21)(H,17,20)/t11-/m0/s1. The van der Waals surface area contributed by atoms with E-state index in [-0.39, 0.29) is 29.8 Å². The number of imidazole rings is 1. The molecule has 0 unspecified atom stereocenters. The Morgan fingerprint density at radius 1 is 1.38 bits per heavy atom. The van der Waals surface area contributed by atoms with Gasteiger partial charge in [0.15, 0.2) is 9.84 Å². The number of sulfone groups is 1. The third kappa shape index (κ3) is 3.56. The molecule has 0 bridgehead atoms. The second-order valence-corrected chi connectivity index (χ2v) is 8.10. The number of carbonyl (C=O) groups excluding carboxylic acids is 2. The zero-order valence-corrected chi connectivity index (χ0v) is 14.0. The maximum atomic E-state index is 12.1. The van der Waals surface area contributed by atoms with Crippen LogP contribution >= 0.6 is 0 Å². The Morgan fingerprint density at radius 3 is 2.83 bits per heavy atom. The summed E-state index contributed by atoms with van der Waals surface area (Å²) in [7, 11) is -3.05. The van der Waals surface area contributed by atoms with Gasteiger partial charge in [0.25, 0.3) is 5.91 Å². The molecule has 3 heterocycles. The first-order chi connectivity index (χ1) is 11.3. The van der Waals surface area contributed by atoms with Crippen molar-refractivity contribution < 1.29 is 18.0 Å². The van der Waals surface area contributed by atoms with Crippen molar-refractivity contribution in [1.29, 1.82) is 0 Å². The van der Waals surface area contributed by atoms with Crippen LogP contribution in [0, 0.1) is 6.92 Å². The summed E-state index contributed by atoms with van der Waals surface area (Å²) in [4.78, 5) is 28.1. The van der Waals surface area contributed by atoms with Crippen LogP contribution in [0.1, 0.15) is 22.6 Å². The Labute approximate surface area is 139 Å². The Kier molecular flexibility index (Phi) is 4.27. The molecule has 24 heavy (non-hydrogen) atoms. The van der Waals surface area contributed by atoms with Crippen molar-refractivity contribution in [3.05, 3.63) is 35.8 Å². The first-order valence-corrected chi connectivity index (χ1v) is 9.39. The highest BCUT2D eigenvalue weighted by molar-refractivity contribution is 7.91. The zero-order chi connectivity index (χ0) is 17.3. The smallest absolute Gasteiger partial charge is 0.271 e. The minimum Gasteiger partial charge on any atom is -0.351 e. The molecule has 2 aromatic heterocycles. The predicted octanol–water partition coefficient (Wildman–Crippen LogP) is -0.324. The Bertz CT molecular complexity index is 903. The minimum atomic E-state index is -3.05. The van der Waals surface area contributed by atoms with E-state index >= 15 is 0 Å². The maximum Gasteiger partial charge on any atom is 0.271 e. The SMILES string of the molecule is Cc1cccc2nc(C(=O)NCC(=O)N[C@H]3CCS(=O)(=O)C3)cn12. The molecule has 2 amide bonds. The summed E-state index contributed by atoms with van der Waals surface area (Å²) in [6, 6.07) is 5.16. The summed E-state index contributed by atoms with van der Waals surface area (Å²) in [5.41, 5.74) is 1.82. The van der Waals surface area contributed by atoms with Gasteiger partial charge in [0.05, 0.1) is 18.1 Å². The highest BCUT2D eigenvalue weighted by atomic mass is 32.2. The number of hydrogen-bond acceptors (Lipinski definition) is 5. The van der Waals surface area contributed by atoms with Crippen molar-refractivity contribution in [1.82, 2.24) is 20.0 Å². The van der Waals surface area contributed by atoms with Gasteiger partial charge in [0.2, 0.25) is 5.91 Å². The fourth-order valence-corrected chi connectivity index (χ4v) is 4.37. The van der Waals surface area contributed by atoms with Crippen LogP contribution in [0.15, 0.2) is 24.4 Å². The van der Waals surface area contributed by atoms with Crippen LogP contribution in [0.5, 0.6) is 0 Å². The zero-order valence-electron chi connectivity index (χ0n) is 13.2. The molecule has 9 heteroatoms. The molecule has 0 saturated carbocycles. The normalized spacial score (nSPS) is 19.3. The van der Waals surface area contributed by atoms with E-state index in [0.29, 0.717) is 12.1 Å². The topological polar surface area (TPSA) is 110 Å². The molecular formula is C15H18N4O4S. The molecule has 1 atom stereocenters. The number of aromatic nitrogens is 2. The van der Waals surface area contributed by atoms with E-state index in [4.69, 9.17) is 0 Å². The van der Waals surface area contributed by atoms with Gasteiger partial charge in [-0.3, -0.25) is 9.59 Å². The molecule has 1 fully saturated rings. The van der Waals surface area contributed by atoms with Crippen molar-refractivity contribution in [2.45, 2.75) is 19.4 Å². The lowest BCUT2D eigenvalue weighted by Crippen LogP contribution is -2.42. The quantitative estimate of drug-likeness (QED) is 0.785. The average molecular weight is 350 g/mol. The fourth-order valence-electron chi connectivity index (χ4n) is 2.70. The lowest BCUT2D eigenvalue weighted by atomic mass is 10.2. The van der Waals surface area contributed by atoms with Gasteiger partial charge in [-0.15, -0.1) is 0 Å². The molecule has 128 valence electrons. The molecule has 2 N–H and O–H groups in total. The fraction of sp³-hybridized carbons (Fsp3) is 0.400. The molecule has 1 aliphatic rings. The third-order valence-corrected chi connectivity index (χ3v) is 5.70. The van der Waals surface area contributed by atoms with Gasteiger partial charge in [-0.05, 0) is 25.5 Å². The number of nitrogens with zero attached hydrogens (tertiary/aromatic N) is 2. The highest BCUT2D eigenvalue weighted by Crippen LogP contribution is 2.11. The molecule has 3 rings (SSSR count). The van der Waals surface area contributed by atoms with E-state index in [2.05, 4.69) is 15.6 Å². The van der Waals surface area contributed by atoms with Crippen molar-refractivity contribution in [2.24, 2.45) is 0 Å². The number of amides is 2. The third-order valence-electron chi connectivity index (χ3n) is 3.94. The summed E-state index contributed by atoms with van der Waals surface area (Å²) >= 11 is 0. The van der Waals surface area contributed by atoms with Gasteiger partial charge >= 0.3 is 0 Å². The van der Waals surface area contributed by atoms with E-state index in [1.807, 2.05) is 19.1 Å². The number of pyridine rings is 1. The van der Waals surface area contributed by atoms with Gasteiger partial charge in [-0.2, -0.15) is 0 Å². The molecule has 0 aromatic carbocycles. The largest absolute Gasteiger partial charge is 0.351 e. The molecular weight excluding hydrogens is 332 g/mol. The van der Waals surface area contributed by atoms with Crippen molar-refractivity contribution in [3.63, 3.8) is 0 Å². The Morgan fingerprint density at radius 2 is 2.17 bits per heavy atom. The number of nitrogens with one attached hydrogen (secondary N) is 2. The van der Waals surface area contributed by atoms with Crippen molar-refractivity contribution in [2.75, 3.05) is 18.1 Å². The monoisotopic (exact) mass is 350 g/mol. The second kappa shape index (κ2) is 6.23. The average Bonchev–Trinajstić information content (AvgIpc) is 3.09. The first-order valence-electron chi connectivity index (χ1n) is 7.57. The first kappa shape index (κ1) is 16.4. The Hall–Kier alpha value is -2.42. The van der Waals surface area contributed by atoms with Crippen molar-refractivity contribution in [3.8, 4) is 0 Å². The van der Waals surface area contributed by atoms with Crippen LogP contribution < -0.4 is 10.6 Å². The van der Waals surface area contributed by atoms with E-state index in [9.17, 15) is 18.0 Å². The summed E-state index contributed by atoms with van der Waals surface area (Å²) in [5.74, 6) is -0.818. The maximum absolute atomic E-state index is 12.1. The van der Waals surface area contributed by atoms with Crippen LogP contribution in [0.4, 0.5) is 0 Å². The lowest BCUT2D eigenvalue weighted by molar-refractivity contribution is -0.120. The lowest BCUT2D eigenvalue weighted by Gasteiger charge is -2.10. The van der Waals surface area contributed by atoms with Gasteiger partial charge < -0.3 is 15.0 Å².